The maximum atomic E-state index is 12.3. The molecule has 1 aromatic heterocycles. The van der Waals surface area contributed by atoms with Gasteiger partial charge in [0.15, 0.2) is 22.1 Å². The highest BCUT2D eigenvalue weighted by Crippen LogP contribution is 2.37. The Morgan fingerprint density at radius 2 is 2.38 bits per heavy atom. The summed E-state index contributed by atoms with van der Waals surface area (Å²) in [6.07, 6.45) is 2.79. The number of hydrogen-bond donors (Lipinski definition) is 2. The lowest BCUT2D eigenvalue weighted by molar-refractivity contribution is -0.140. The Hall–Kier alpha value is -1.42. The van der Waals surface area contributed by atoms with Crippen LogP contribution in [0.5, 0.6) is 0 Å². The fourth-order valence-electron chi connectivity index (χ4n) is 2.31. The first-order valence-corrected chi connectivity index (χ1v) is 8.30. The number of carbonyl (C=O) groups is 2. The normalized spacial score (nSPS) is 27.4. The van der Waals surface area contributed by atoms with Crippen molar-refractivity contribution in [2.45, 2.75) is 16.7 Å². The molecule has 4 atom stereocenters. The van der Waals surface area contributed by atoms with Crippen molar-refractivity contribution in [3.8, 4) is 0 Å². The molecular weight excluding hydrogens is 316 g/mol. The van der Waals surface area contributed by atoms with Gasteiger partial charge < -0.3 is 19.6 Å². The average molecular weight is 328 g/mol. The molecule has 7 nitrogen and oxygen atoms in total. The zero-order chi connectivity index (χ0) is 15.1. The third-order valence-electron chi connectivity index (χ3n) is 3.39. The van der Waals surface area contributed by atoms with Crippen molar-refractivity contribution in [3.05, 3.63) is 35.9 Å². The minimum atomic E-state index is -2.40. The first-order chi connectivity index (χ1) is 10.0. The van der Waals surface area contributed by atoms with Gasteiger partial charge in [-0.2, -0.15) is 0 Å². The van der Waals surface area contributed by atoms with Crippen LogP contribution in [0.3, 0.4) is 0 Å². The molecule has 3 N–H and O–H groups in total. The lowest BCUT2D eigenvalue weighted by Gasteiger charge is -2.46. The summed E-state index contributed by atoms with van der Waals surface area (Å²) >= 11 is -1.02. The maximum Gasteiger partial charge on any atom is 0.247 e. The van der Waals surface area contributed by atoms with Crippen LogP contribution in [-0.4, -0.2) is 47.8 Å². The molecule has 1 fully saturated rings. The minimum Gasteiger partial charge on any atom is -0.461 e. The summed E-state index contributed by atoms with van der Waals surface area (Å²) in [5.74, 6) is -0.450. The molecule has 3 rings (SSSR count). The van der Waals surface area contributed by atoms with Crippen LogP contribution in [0.4, 0.5) is 0 Å². The van der Waals surface area contributed by atoms with Gasteiger partial charge in [-0.3, -0.25) is 9.59 Å². The van der Waals surface area contributed by atoms with E-state index in [-0.39, 0.29) is 17.0 Å². The number of Topliss-reactive ketones (excluding diaryl/α,β-unsaturated/α-hetero) is 1. The third kappa shape index (κ3) is 2.35. The Balaban J connectivity index is 1.89. The molecule has 112 valence electrons. The van der Waals surface area contributed by atoms with Crippen molar-refractivity contribution in [2.24, 2.45) is 5.73 Å². The van der Waals surface area contributed by atoms with Crippen molar-refractivity contribution in [2.75, 3.05) is 5.75 Å². The van der Waals surface area contributed by atoms with Gasteiger partial charge in [-0.25, -0.2) is 4.21 Å². The van der Waals surface area contributed by atoms with Gasteiger partial charge in [0.1, 0.15) is 11.4 Å². The molecule has 3 heterocycles. The van der Waals surface area contributed by atoms with E-state index in [4.69, 9.17) is 10.2 Å². The number of furan rings is 1. The number of hydrogen-bond acceptors (Lipinski definition) is 6. The highest BCUT2D eigenvalue weighted by Gasteiger charge is 2.48. The van der Waals surface area contributed by atoms with Crippen molar-refractivity contribution >= 4 is 34.5 Å². The molecule has 1 aromatic rings. The first-order valence-electron chi connectivity index (χ1n) is 6.08. The molecule has 1 amide bonds. The molecule has 1 saturated heterocycles. The summed E-state index contributed by atoms with van der Waals surface area (Å²) in [6.45, 7) is 0. The van der Waals surface area contributed by atoms with Crippen LogP contribution in [-0.2, 0) is 15.9 Å². The van der Waals surface area contributed by atoms with Gasteiger partial charge in [0, 0.05) is 12.0 Å². The highest BCUT2D eigenvalue weighted by atomic mass is 32.2. The van der Waals surface area contributed by atoms with E-state index in [0.29, 0.717) is 11.3 Å². The molecule has 2 aliphatic heterocycles. The molecule has 21 heavy (non-hydrogen) atoms. The Morgan fingerprint density at radius 3 is 3.00 bits per heavy atom. The van der Waals surface area contributed by atoms with Crippen molar-refractivity contribution in [1.29, 1.82) is 0 Å². The Kier molecular flexibility index (Phi) is 3.74. The SMILES string of the molecule is NC1C(=O)N2C=C(C(C(=O)c3ccco3)S(=O)O)CSC12. The monoisotopic (exact) mass is 328 g/mol. The lowest BCUT2D eigenvalue weighted by atomic mass is 10.1. The number of β-lactam (4-membered cyclic amide) rings is 1. The van der Waals surface area contributed by atoms with Gasteiger partial charge in [0.05, 0.1) is 6.26 Å². The number of nitrogens with two attached hydrogens (primary N) is 1. The Morgan fingerprint density at radius 1 is 1.62 bits per heavy atom. The number of thioether (sulfide) groups is 1. The van der Waals surface area contributed by atoms with E-state index >= 15 is 0 Å². The first kappa shape index (κ1) is 14.5. The van der Waals surface area contributed by atoms with Gasteiger partial charge in [0.25, 0.3) is 0 Å². The van der Waals surface area contributed by atoms with Crippen molar-refractivity contribution < 1.29 is 22.8 Å². The molecular formula is C12H12N2O5S2. The summed E-state index contributed by atoms with van der Waals surface area (Å²) in [7, 11) is 0. The van der Waals surface area contributed by atoms with Gasteiger partial charge in [0.2, 0.25) is 11.7 Å². The molecule has 0 aromatic carbocycles. The zero-order valence-corrected chi connectivity index (χ0v) is 12.3. The van der Waals surface area contributed by atoms with Crippen LogP contribution >= 0.6 is 11.8 Å². The molecule has 0 radical (unpaired) electrons. The topological polar surface area (TPSA) is 114 Å². The maximum absolute atomic E-state index is 12.3. The fourth-order valence-corrected chi connectivity index (χ4v) is 4.37. The van der Waals surface area contributed by atoms with Gasteiger partial charge in [-0.05, 0) is 17.7 Å². The fraction of sp³-hybridized carbons (Fsp3) is 0.333. The van der Waals surface area contributed by atoms with Gasteiger partial charge in [-0.15, -0.1) is 11.8 Å². The van der Waals surface area contributed by atoms with Crippen LogP contribution in [0.25, 0.3) is 0 Å². The standard InChI is InChI=1S/C12H12N2O5S2/c13-8-11(16)14-4-6(5-20-12(8)14)10(21(17)18)9(15)7-2-1-3-19-7/h1-4,8,10,12H,5,13H2,(H,17,18). The second kappa shape index (κ2) is 5.41. The number of rotatable bonds is 4. The van der Waals surface area contributed by atoms with Gasteiger partial charge >= 0.3 is 0 Å². The average Bonchev–Trinajstić information content (AvgIpc) is 3.00. The molecule has 0 bridgehead atoms. The molecule has 9 heteroatoms. The molecule has 0 spiro atoms. The summed E-state index contributed by atoms with van der Waals surface area (Å²) in [5.41, 5.74) is 6.08. The largest absolute Gasteiger partial charge is 0.461 e. The number of fused-ring (bicyclic) bond motifs is 1. The number of nitrogens with zero attached hydrogens (tertiary/aromatic N) is 1. The smallest absolute Gasteiger partial charge is 0.247 e. The molecule has 2 aliphatic rings. The minimum absolute atomic E-state index is 0.0158. The van der Waals surface area contributed by atoms with Crippen molar-refractivity contribution in [1.82, 2.24) is 4.90 Å². The highest BCUT2D eigenvalue weighted by molar-refractivity contribution is 8.00. The van der Waals surface area contributed by atoms with E-state index < -0.39 is 28.2 Å². The Labute approximate surface area is 126 Å². The number of carbonyl (C=O) groups excluding carboxylic acids is 2. The van der Waals surface area contributed by atoms with Crippen LogP contribution in [0.15, 0.2) is 34.6 Å². The summed E-state index contributed by atoms with van der Waals surface area (Å²) in [5, 5.41) is -1.40. The quantitative estimate of drug-likeness (QED) is 0.460. The predicted molar refractivity (Wildman–Crippen MR) is 76.7 cm³/mol. The van der Waals surface area contributed by atoms with E-state index in [0.717, 1.165) is 0 Å². The van der Waals surface area contributed by atoms with E-state index in [2.05, 4.69) is 0 Å². The summed E-state index contributed by atoms with van der Waals surface area (Å²) in [4.78, 5) is 25.3. The van der Waals surface area contributed by atoms with Crippen molar-refractivity contribution in [3.63, 3.8) is 0 Å². The second-order valence-electron chi connectivity index (χ2n) is 4.67. The van der Waals surface area contributed by atoms with Gasteiger partial charge in [-0.1, -0.05) is 0 Å². The second-order valence-corrected chi connectivity index (χ2v) is 6.80. The summed E-state index contributed by atoms with van der Waals surface area (Å²) in [6, 6.07) is 2.42. The molecule has 0 aliphatic carbocycles. The van der Waals surface area contributed by atoms with E-state index in [1.807, 2.05) is 0 Å². The van der Waals surface area contributed by atoms with E-state index in [1.165, 1.54) is 41.3 Å². The van der Waals surface area contributed by atoms with Crippen LogP contribution in [0, 0.1) is 0 Å². The summed E-state index contributed by atoms with van der Waals surface area (Å²) < 4.78 is 26.0. The van der Waals surface area contributed by atoms with Crippen LogP contribution < -0.4 is 5.73 Å². The lowest BCUT2D eigenvalue weighted by Crippen LogP contribution is -2.66. The van der Waals surface area contributed by atoms with Crippen LogP contribution in [0.1, 0.15) is 10.6 Å². The van der Waals surface area contributed by atoms with E-state index in [1.54, 1.807) is 0 Å². The third-order valence-corrected chi connectivity index (χ3v) is 5.67. The Bertz CT molecular complexity index is 642. The zero-order valence-electron chi connectivity index (χ0n) is 10.7. The van der Waals surface area contributed by atoms with Crippen LogP contribution in [0.2, 0.25) is 0 Å². The number of ketones is 1. The number of amides is 1. The predicted octanol–water partition coefficient (Wildman–Crippen LogP) is 0.179. The van der Waals surface area contributed by atoms with E-state index in [9.17, 15) is 18.4 Å². The molecule has 4 unspecified atom stereocenters. The molecule has 0 saturated carbocycles.